The summed E-state index contributed by atoms with van der Waals surface area (Å²) in [4.78, 5) is 32.0. The molecular formula is C27H28FN3O4. The molecule has 3 aromatic rings. The van der Waals surface area contributed by atoms with E-state index in [1.54, 1.807) is 12.1 Å². The number of aromatic nitrogens is 1. The first-order valence-corrected chi connectivity index (χ1v) is 11.7. The van der Waals surface area contributed by atoms with Gasteiger partial charge in [-0.25, -0.2) is 14.0 Å². The van der Waals surface area contributed by atoms with E-state index >= 15 is 0 Å². The number of hydrogen-bond donors (Lipinski definition) is 1. The van der Waals surface area contributed by atoms with Gasteiger partial charge in [0.1, 0.15) is 11.9 Å². The van der Waals surface area contributed by atoms with E-state index in [0.717, 1.165) is 67.9 Å². The van der Waals surface area contributed by atoms with Crippen molar-refractivity contribution in [1.29, 1.82) is 0 Å². The van der Waals surface area contributed by atoms with Gasteiger partial charge in [0.15, 0.2) is 0 Å². The summed E-state index contributed by atoms with van der Waals surface area (Å²) < 4.78 is 18.8. The third-order valence-corrected chi connectivity index (χ3v) is 6.13. The SMILES string of the molecule is O=C(O)/C=C/C(=O)OC(CCCN1CCN(c2cccc3cccnc23)CC1)c1ccc(F)cc1. The zero-order valence-electron chi connectivity index (χ0n) is 19.3. The molecule has 4 rings (SSSR count). The Labute approximate surface area is 203 Å². The second-order valence-corrected chi connectivity index (χ2v) is 8.47. The second kappa shape index (κ2) is 11.6. The van der Waals surface area contributed by atoms with E-state index in [0.29, 0.717) is 12.0 Å². The number of piperazine rings is 1. The molecule has 0 amide bonds. The van der Waals surface area contributed by atoms with Crippen LogP contribution in [0.4, 0.5) is 10.1 Å². The maximum atomic E-state index is 13.4. The third-order valence-electron chi connectivity index (χ3n) is 6.13. The normalized spacial score (nSPS) is 15.4. The lowest BCUT2D eigenvalue weighted by Gasteiger charge is -2.36. The van der Waals surface area contributed by atoms with Crippen LogP contribution in [0.15, 0.2) is 72.9 Å². The van der Waals surface area contributed by atoms with Crippen LogP contribution in [0.5, 0.6) is 0 Å². The number of aliphatic carboxylic acids is 1. The molecule has 35 heavy (non-hydrogen) atoms. The average Bonchev–Trinajstić information content (AvgIpc) is 2.87. The first-order valence-electron chi connectivity index (χ1n) is 11.7. The standard InChI is InChI=1S/C27H28FN3O4/c28-22-10-8-20(9-11-22)24(35-26(34)13-12-25(32)33)7-3-15-30-16-18-31(19-17-30)23-6-1-4-21-5-2-14-29-27(21)23/h1-2,4-6,8-14,24H,3,7,15-19H2,(H,32,33)/b13-12+. The molecule has 1 aliphatic rings. The van der Waals surface area contributed by atoms with E-state index in [9.17, 15) is 14.0 Å². The highest BCUT2D eigenvalue weighted by molar-refractivity contribution is 5.91. The van der Waals surface area contributed by atoms with Gasteiger partial charge in [0.05, 0.1) is 11.2 Å². The summed E-state index contributed by atoms with van der Waals surface area (Å²) in [6, 6.07) is 16.1. The van der Waals surface area contributed by atoms with Crippen LogP contribution >= 0.6 is 0 Å². The number of halogens is 1. The highest BCUT2D eigenvalue weighted by atomic mass is 19.1. The fourth-order valence-corrected chi connectivity index (χ4v) is 4.35. The number of carbonyl (C=O) groups is 2. The Bertz CT molecular complexity index is 1190. The third kappa shape index (κ3) is 6.64. The minimum Gasteiger partial charge on any atom is -0.478 e. The molecule has 0 aliphatic carbocycles. The fourth-order valence-electron chi connectivity index (χ4n) is 4.35. The molecule has 1 fully saturated rings. The molecule has 2 heterocycles. The minimum absolute atomic E-state index is 0.371. The van der Waals surface area contributed by atoms with Crippen LogP contribution in [-0.2, 0) is 14.3 Å². The van der Waals surface area contributed by atoms with Gasteiger partial charge in [-0.3, -0.25) is 9.88 Å². The van der Waals surface area contributed by atoms with Gasteiger partial charge < -0.3 is 14.7 Å². The number of anilines is 1. The molecule has 7 nitrogen and oxygen atoms in total. The quantitative estimate of drug-likeness (QED) is 0.365. The number of hydrogen-bond acceptors (Lipinski definition) is 6. The van der Waals surface area contributed by atoms with E-state index in [1.807, 2.05) is 12.3 Å². The van der Waals surface area contributed by atoms with Crippen molar-refractivity contribution in [3.05, 3.63) is 84.3 Å². The number of para-hydroxylation sites is 1. The highest BCUT2D eigenvalue weighted by Crippen LogP contribution is 2.27. The molecule has 0 spiro atoms. The van der Waals surface area contributed by atoms with E-state index in [-0.39, 0.29) is 5.82 Å². The topological polar surface area (TPSA) is 83.0 Å². The van der Waals surface area contributed by atoms with Crippen molar-refractivity contribution in [3.8, 4) is 0 Å². The van der Waals surface area contributed by atoms with Gasteiger partial charge in [-0.05, 0) is 49.2 Å². The van der Waals surface area contributed by atoms with Crippen LogP contribution in [0.25, 0.3) is 10.9 Å². The lowest BCUT2D eigenvalue weighted by Crippen LogP contribution is -2.46. The molecule has 1 aliphatic heterocycles. The Morgan fingerprint density at radius 2 is 1.77 bits per heavy atom. The van der Waals surface area contributed by atoms with Gasteiger partial charge in [-0.1, -0.05) is 30.3 Å². The number of ether oxygens (including phenoxy) is 1. The van der Waals surface area contributed by atoms with E-state index in [2.05, 4.69) is 39.0 Å². The molecule has 182 valence electrons. The van der Waals surface area contributed by atoms with Crippen LogP contribution in [0.3, 0.4) is 0 Å². The fraction of sp³-hybridized carbons (Fsp3) is 0.296. The Morgan fingerprint density at radius 1 is 1.03 bits per heavy atom. The van der Waals surface area contributed by atoms with Gasteiger partial charge in [-0.15, -0.1) is 0 Å². The zero-order valence-corrected chi connectivity index (χ0v) is 19.3. The molecule has 0 bridgehead atoms. The molecular weight excluding hydrogens is 449 g/mol. The number of rotatable bonds is 9. The Balaban J connectivity index is 1.32. The summed E-state index contributed by atoms with van der Waals surface area (Å²) in [6.07, 6.45) is 4.20. The first-order chi connectivity index (χ1) is 17.0. The lowest BCUT2D eigenvalue weighted by atomic mass is 10.0. The molecule has 0 radical (unpaired) electrons. The van der Waals surface area contributed by atoms with E-state index in [1.165, 1.54) is 12.1 Å². The maximum absolute atomic E-state index is 13.4. The highest BCUT2D eigenvalue weighted by Gasteiger charge is 2.21. The van der Waals surface area contributed by atoms with E-state index in [4.69, 9.17) is 9.84 Å². The minimum atomic E-state index is -1.22. The predicted molar refractivity (Wildman–Crippen MR) is 132 cm³/mol. The van der Waals surface area contributed by atoms with E-state index < -0.39 is 18.0 Å². The number of esters is 1. The number of carboxylic acids is 1. The van der Waals surface area contributed by atoms with Crippen molar-refractivity contribution in [2.75, 3.05) is 37.6 Å². The van der Waals surface area contributed by atoms with Crippen LogP contribution in [0, 0.1) is 5.82 Å². The molecule has 1 unspecified atom stereocenters. The molecule has 1 atom stereocenters. The number of benzene rings is 2. The molecule has 2 aromatic carbocycles. The predicted octanol–water partition coefficient (Wildman–Crippen LogP) is 4.20. The molecule has 1 saturated heterocycles. The monoisotopic (exact) mass is 477 g/mol. The van der Waals surface area contributed by atoms with Crippen molar-refractivity contribution < 1.29 is 23.8 Å². The molecule has 0 saturated carbocycles. The summed E-state index contributed by atoms with van der Waals surface area (Å²) >= 11 is 0. The number of pyridine rings is 1. The second-order valence-electron chi connectivity index (χ2n) is 8.47. The van der Waals surface area contributed by atoms with Gasteiger partial charge in [0.25, 0.3) is 0 Å². The number of carbonyl (C=O) groups excluding carboxylic acids is 1. The zero-order chi connectivity index (χ0) is 24.6. The molecule has 1 N–H and O–H groups in total. The van der Waals surface area contributed by atoms with Crippen molar-refractivity contribution in [2.45, 2.75) is 18.9 Å². The largest absolute Gasteiger partial charge is 0.478 e. The van der Waals surface area contributed by atoms with Gasteiger partial charge in [0, 0.05) is 49.9 Å². The van der Waals surface area contributed by atoms with Crippen LogP contribution in [0.2, 0.25) is 0 Å². The van der Waals surface area contributed by atoms with Crippen LogP contribution in [-0.4, -0.2) is 59.7 Å². The smallest absolute Gasteiger partial charge is 0.331 e. The van der Waals surface area contributed by atoms with Crippen molar-refractivity contribution in [3.63, 3.8) is 0 Å². The molecule has 1 aromatic heterocycles. The number of carboxylic acid groups (broad SMARTS) is 1. The van der Waals surface area contributed by atoms with Crippen molar-refractivity contribution in [2.24, 2.45) is 0 Å². The lowest BCUT2D eigenvalue weighted by molar-refractivity contribution is -0.144. The van der Waals surface area contributed by atoms with Crippen molar-refractivity contribution in [1.82, 2.24) is 9.88 Å². The Hall–Kier alpha value is -3.78. The van der Waals surface area contributed by atoms with Gasteiger partial charge in [-0.2, -0.15) is 0 Å². The van der Waals surface area contributed by atoms with Gasteiger partial charge in [0.2, 0.25) is 0 Å². The summed E-state index contributed by atoms with van der Waals surface area (Å²) in [5.74, 6) is -2.33. The summed E-state index contributed by atoms with van der Waals surface area (Å²) in [6.45, 7) is 4.44. The molecule has 8 heteroatoms. The summed E-state index contributed by atoms with van der Waals surface area (Å²) in [5.41, 5.74) is 2.85. The number of nitrogens with zero attached hydrogens (tertiary/aromatic N) is 3. The summed E-state index contributed by atoms with van der Waals surface area (Å²) in [5, 5.41) is 9.86. The number of fused-ring (bicyclic) bond motifs is 1. The van der Waals surface area contributed by atoms with Crippen LogP contribution < -0.4 is 4.90 Å². The average molecular weight is 478 g/mol. The maximum Gasteiger partial charge on any atom is 0.331 e. The first kappa shape index (κ1) is 24.3. The Morgan fingerprint density at radius 3 is 2.51 bits per heavy atom. The van der Waals surface area contributed by atoms with Crippen molar-refractivity contribution >= 4 is 28.5 Å². The van der Waals surface area contributed by atoms with Gasteiger partial charge >= 0.3 is 11.9 Å². The van der Waals surface area contributed by atoms with Crippen LogP contribution in [0.1, 0.15) is 24.5 Å². The Kier molecular flexibility index (Phi) is 8.05. The summed E-state index contributed by atoms with van der Waals surface area (Å²) in [7, 11) is 0.